The van der Waals surface area contributed by atoms with E-state index in [2.05, 4.69) is 15.8 Å². The molecule has 0 saturated heterocycles. The number of amides is 1. The largest absolute Gasteiger partial charge is 0.454 e. The normalized spacial score (nSPS) is 12.4. The van der Waals surface area contributed by atoms with Crippen LogP contribution in [0.1, 0.15) is 23.0 Å². The van der Waals surface area contributed by atoms with Crippen LogP contribution in [0.4, 0.5) is 24.7 Å². The molecule has 0 spiro atoms. The number of aromatic nitrogens is 1. The molecule has 1 heterocycles. The van der Waals surface area contributed by atoms with Crippen molar-refractivity contribution < 1.29 is 36.8 Å². The van der Waals surface area contributed by atoms with Crippen molar-refractivity contribution in [2.24, 2.45) is 0 Å². The third kappa shape index (κ3) is 6.19. The Morgan fingerprint density at radius 1 is 1.24 bits per heavy atom. The summed E-state index contributed by atoms with van der Waals surface area (Å²) >= 11 is 0. The monoisotopic (exact) mass is 411 g/mol. The highest BCUT2D eigenvalue weighted by molar-refractivity contribution is 6.00. The number of hydrogen-bond acceptors (Lipinski definition) is 7. The number of halogens is 3. The Kier molecular flexibility index (Phi) is 6.75. The van der Waals surface area contributed by atoms with Gasteiger partial charge in [0, 0.05) is 18.3 Å². The number of benzene rings is 1. The first-order valence-corrected chi connectivity index (χ1v) is 8.16. The first-order valence-electron chi connectivity index (χ1n) is 8.16. The lowest BCUT2D eigenvalue weighted by molar-refractivity contribution is -0.165. The number of ketones is 1. The van der Waals surface area contributed by atoms with Crippen LogP contribution in [0.2, 0.25) is 0 Å². The predicted octanol–water partition coefficient (Wildman–Crippen LogP) is 3.22. The summed E-state index contributed by atoms with van der Waals surface area (Å²) in [5, 5.41) is 8.40. The van der Waals surface area contributed by atoms with Crippen LogP contribution >= 0.6 is 0 Å². The van der Waals surface area contributed by atoms with E-state index in [9.17, 15) is 27.6 Å². The Morgan fingerprint density at radius 2 is 1.93 bits per heavy atom. The molecule has 2 rings (SSSR count). The van der Waals surface area contributed by atoms with Crippen LogP contribution in [0.15, 0.2) is 47.1 Å². The van der Waals surface area contributed by atoms with E-state index >= 15 is 0 Å². The van der Waals surface area contributed by atoms with Gasteiger partial charge in [-0.2, -0.15) is 13.2 Å². The van der Waals surface area contributed by atoms with Gasteiger partial charge >= 0.3 is 12.1 Å². The molecule has 1 aromatic heterocycles. The highest BCUT2D eigenvalue weighted by atomic mass is 19.4. The number of nitrogens with zero attached hydrogens (tertiary/aromatic N) is 1. The van der Waals surface area contributed by atoms with Crippen molar-refractivity contribution in [3.63, 3.8) is 0 Å². The van der Waals surface area contributed by atoms with Gasteiger partial charge in [0.05, 0.1) is 11.3 Å². The summed E-state index contributed by atoms with van der Waals surface area (Å²) in [6.07, 6.45) is -5.15. The van der Waals surface area contributed by atoms with Gasteiger partial charge in [-0.15, -0.1) is 0 Å². The third-order valence-corrected chi connectivity index (χ3v) is 3.43. The predicted molar refractivity (Wildman–Crippen MR) is 95.0 cm³/mol. The van der Waals surface area contributed by atoms with Crippen molar-refractivity contribution in [2.75, 3.05) is 10.6 Å². The number of allylic oxidation sites excluding steroid dienone is 1. The molecule has 0 radical (unpaired) electrons. The molecule has 11 heteroatoms. The number of esters is 1. The zero-order chi connectivity index (χ0) is 21.6. The second kappa shape index (κ2) is 9.04. The minimum atomic E-state index is -5.00. The summed E-state index contributed by atoms with van der Waals surface area (Å²) in [5.74, 6) is -2.99. The lowest BCUT2D eigenvalue weighted by Gasteiger charge is -2.14. The Balaban J connectivity index is 2.02. The fourth-order valence-electron chi connectivity index (χ4n) is 2.02. The smallest absolute Gasteiger partial charge is 0.449 e. The maximum absolute atomic E-state index is 12.3. The summed E-state index contributed by atoms with van der Waals surface area (Å²) in [6, 6.07) is 7.22. The molecule has 1 unspecified atom stereocenters. The summed E-state index contributed by atoms with van der Waals surface area (Å²) in [4.78, 5) is 35.3. The molecule has 2 aromatic rings. The summed E-state index contributed by atoms with van der Waals surface area (Å²) in [6.45, 7) is 2.96. The zero-order valence-corrected chi connectivity index (χ0v) is 15.2. The number of rotatable bonds is 7. The van der Waals surface area contributed by atoms with E-state index < -0.39 is 29.9 Å². The van der Waals surface area contributed by atoms with Crippen LogP contribution in [-0.4, -0.2) is 35.1 Å². The van der Waals surface area contributed by atoms with Gasteiger partial charge in [0.1, 0.15) is 5.76 Å². The van der Waals surface area contributed by atoms with Gasteiger partial charge in [0.15, 0.2) is 11.9 Å². The Hall–Kier alpha value is -3.63. The van der Waals surface area contributed by atoms with Gasteiger partial charge in [-0.25, -0.2) is 4.79 Å². The Bertz CT molecular complexity index is 937. The molecule has 8 nitrogen and oxygen atoms in total. The third-order valence-electron chi connectivity index (χ3n) is 3.43. The number of para-hydroxylation sites is 1. The maximum Gasteiger partial charge on any atom is 0.454 e. The molecule has 0 bridgehead atoms. The van der Waals surface area contributed by atoms with Gasteiger partial charge in [0.2, 0.25) is 0 Å². The lowest BCUT2D eigenvalue weighted by Crippen LogP contribution is -2.30. The number of aryl methyl sites for hydroxylation is 1. The fraction of sp³-hybridized carbons (Fsp3) is 0.222. The van der Waals surface area contributed by atoms with E-state index in [0.717, 1.165) is 6.20 Å². The van der Waals surface area contributed by atoms with Crippen LogP contribution in [0.5, 0.6) is 0 Å². The van der Waals surface area contributed by atoms with E-state index in [-0.39, 0.29) is 23.1 Å². The zero-order valence-electron chi connectivity index (χ0n) is 15.2. The standard InChI is InChI=1S/C18H16F3N3O5/c1-10-9-15(24-29-10)23-16(26)11(2)28-17(27)12-5-3-4-6-13(12)22-8-7-14(25)18(19,20)21/h3-9,11,22H,1-2H3,(H,23,24,26). The average Bonchev–Trinajstić information content (AvgIpc) is 3.05. The number of anilines is 2. The molecule has 0 saturated carbocycles. The van der Waals surface area contributed by atoms with E-state index in [0.29, 0.717) is 5.76 Å². The molecule has 0 aliphatic rings. The Morgan fingerprint density at radius 3 is 2.55 bits per heavy atom. The number of alkyl halides is 3. The average molecular weight is 411 g/mol. The van der Waals surface area contributed by atoms with Crippen LogP contribution in [0.25, 0.3) is 0 Å². The van der Waals surface area contributed by atoms with Crippen molar-refractivity contribution in [1.29, 1.82) is 0 Å². The molecule has 1 amide bonds. The second-order valence-electron chi connectivity index (χ2n) is 5.74. The lowest BCUT2D eigenvalue weighted by atomic mass is 10.2. The van der Waals surface area contributed by atoms with Crippen molar-refractivity contribution in [3.8, 4) is 0 Å². The van der Waals surface area contributed by atoms with E-state index in [1.807, 2.05) is 0 Å². The molecule has 2 N–H and O–H groups in total. The molecule has 154 valence electrons. The van der Waals surface area contributed by atoms with Gasteiger partial charge in [-0.3, -0.25) is 9.59 Å². The molecular weight excluding hydrogens is 395 g/mol. The number of ether oxygens (including phenoxy) is 1. The maximum atomic E-state index is 12.3. The minimum absolute atomic E-state index is 0.0476. The topological polar surface area (TPSA) is 111 Å². The number of carbonyl (C=O) groups is 3. The van der Waals surface area contributed by atoms with Gasteiger partial charge in [-0.1, -0.05) is 17.3 Å². The second-order valence-corrected chi connectivity index (χ2v) is 5.74. The van der Waals surface area contributed by atoms with Gasteiger partial charge in [0.25, 0.3) is 11.7 Å². The number of hydrogen-bond donors (Lipinski definition) is 2. The van der Waals surface area contributed by atoms with Crippen LogP contribution in [0, 0.1) is 6.92 Å². The fourth-order valence-corrected chi connectivity index (χ4v) is 2.02. The van der Waals surface area contributed by atoms with Crippen molar-refractivity contribution in [2.45, 2.75) is 26.1 Å². The molecule has 0 aliphatic heterocycles. The van der Waals surface area contributed by atoms with Gasteiger partial charge < -0.3 is 19.9 Å². The molecular formula is C18H16F3N3O5. The first kappa shape index (κ1) is 21.7. The van der Waals surface area contributed by atoms with Crippen molar-refractivity contribution >= 4 is 29.2 Å². The summed E-state index contributed by atoms with van der Waals surface area (Å²) < 4.78 is 46.5. The number of carbonyl (C=O) groups excluding carboxylic acids is 3. The summed E-state index contributed by atoms with van der Waals surface area (Å²) in [5.41, 5.74) is 0.0389. The minimum Gasteiger partial charge on any atom is -0.449 e. The SMILES string of the molecule is Cc1cc(NC(=O)C(C)OC(=O)c2ccccc2NC=CC(=O)C(F)(F)F)no1. The van der Waals surface area contributed by atoms with Crippen LogP contribution < -0.4 is 10.6 Å². The molecule has 1 atom stereocenters. The van der Waals surface area contributed by atoms with Crippen LogP contribution in [0.3, 0.4) is 0 Å². The quantitative estimate of drug-likeness (QED) is 0.532. The van der Waals surface area contributed by atoms with Gasteiger partial charge in [-0.05, 0) is 26.0 Å². The van der Waals surface area contributed by atoms with E-state index in [4.69, 9.17) is 9.26 Å². The van der Waals surface area contributed by atoms with Crippen LogP contribution in [-0.2, 0) is 14.3 Å². The van der Waals surface area contributed by atoms with E-state index in [1.165, 1.54) is 37.3 Å². The first-order chi connectivity index (χ1) is 13.6. The molecule has 0 aliphatic carbocycles. The van der Waals surface area contributed by atoms with Crippen molar-refractivity contribution in [3.05, 3.63) is 53.9 Å². The summed E-state index contributed by atoms with van der Waals surface area (Å²) in [7, 11) is 0. The number of nitrogens with one attached hydrogen (secondary N) is 2. The highest BCUT2D eigenvalue weighted by Crippen LogP contribution is 2.19. The van der Waals surface area contributed by atoms with E-state index in [1.54, 1.807) is 6.92 Å². The molecule has 0 fully saturated rings. The Labute approximate surface area is 162 Å². The molecule has 29 heavy (non-hydrogen) atoms. The highest BCUT2D eigenvalue weighted by Gasteiger charge is 2.36. The molecule has 1 aromatic carbocycles. The van der Waals surface area contributed by atoms with Crippen molar-refractivity contribution in [1.82, 2.24) is 5.16 Å².